The molecule has 1 fully saturated rings. The predicted octanol–water partition coefficient (Wildman–Crippen LogP) is 4.26. The molecule has 0 N–H and O–H groups in total. The lowest BCUT2D eigenvalue weighted by atomic mass is 10.1. The van der Waals surface area contributed by atoms with E-state index in [0.29, 0.717) is 37.0 Å². The van der Waals surface area contributed by atoms with Crippen LogP contribution in [0.15, 0.2) is 77.4 Å². The quantitative estimate of drug-likeness (QED) is 0.386. The van der Waals surface area contributed by atoms with Gasteiger partial charge in [0, 0.05) is 25.8 Å². The molecule has 1 aromatic heterocycles. The first-order chi connectivity index (χ1) is 18.1. The summed E-state index contributed by atoms with van der Waals surface area (Å²) in [6.07, 6.45) is 6.62. The van der Waals surface area contributed by atoms with Gasteiger partial charge in [0.15, 0.2) is 11.5 Å². The molecular formula is C29H30N2O6. The van der Waals surface area contributed by atoms with Crippen molar-refractivity contribution in [2.24, 2.45) is 0 Å². The second-order valence-electron chi connectivity index (χ2n) is 9.11. The van der Waals surface area contributed by atoms with Crippen LogP contribution >= 0.6 is 0 Å². The van der Waals surface area contributed by atoms with Gasteiger partial charge in [-0.25, -0.2) is 0 Å². The van der Waals surface area contributed by atoms with Crippen LogP contribution in [0.1, 0.15) is 29.7 Å². The summed E-state index contributed by atoms with van der Waals surface area (Å²) in [6.45, 7) is 1.77. The molecular weight excluding hydrogens is 472 g/mol. The first-order valence-electron chi connectivity index (χ1n) is 12.5. The van der Waals surface area contributed by atoms with Gasteiger partial charge in [-0.2, -0.15) is 0 Å². The number of hydrogen-bond acceptors (Lipinski definition) is 6. The fraction of sp³-hybridized carbons (Fsp3) is 0.310. The zero-order valence-electron chi connectivity index (χ0n) is 20.6. The summed E-state index contributed by atoms with van der Waals surface area (Å²) in [6, 6.07) is 18.9. The van der Waals surface area contributed by atoms with E-state index in [4.69, 9.17) is 18.6 Å². The molecule has 2 amide bonds. The van der Waals surface area contributed by atoms with E-state index in [2.05, 4.69) is 0 Å². The maximum absolute atomic E-state index is 13.6. The number of carbonyl (C=O) groups is 2. The highest BCUT2D eigenvalue weighted by Gasteiger charge is 2.26. The zero-order chi connectivity index (χ0) is 25.5. The second kappa shape index (κ2) is 11.8. The average molecular weight is 503 g/mol. The molecule has 0 spiro atoms. The summed E-state index contributed by atoms with van der Waals surface area (Å²) in [7, 11) is 0. The van der Waals surface area contributed by atoms with Gasteiger partial charge < -0.3 is 28.4 Å². The molecule has 2 aliphatic rings. The molecule has 1 unspecified atom stereocenters. The highest BCUT2D eigenvalue weighted by atomic mass is 16.7. The molecule has 0 bridgehead atoms. The van der Waals surface area contributed by atoms with Gasteiger partial charge in [-0.05, 0) is 54.3 Å². The van der Waals surface area contributed by atoms with Gasteiger partial charge in [0.2, 0.25) is 18.6 Å². The van der Waals surface area contributed by atoms with Gasteiger partial charge >= 0.3 is 0 Å². The number of furan rings is 1. The van der Waals surface area contributed by atoms with E-state index in [-0.39, 0.29) is 37.8 Å². The zero-order valence-corrected chi connectivity index (χ0v) is 20.6. The molecule has 5 rings (SSSR count). The summed E-state index contributed by atoms with van der Waals surface area (Å²) < 4.78 is 22.2. The molecule has 2 aromatic carbocycles. The molecule has 2 aliphatic heterocycles. The van der Waals surface area contributed by atoms with Crippen LogP contribution in [0.2, 0.25) is 0 Å². The van der Waals surface area contributed by atoms with Crippen LogP contribution in [0.5, 0.6) is 11.5 Å². The Morgan fingerprint density at radius 2 is 1.81 bits per heavy atom. The lowest BCUT2D eigenvalue weighted by molar-refractivity contribution is -0.140. The number of ether oxygens (including phenoxy) is 3. The predicted molar refractivity (Wildman–Crippen MR) is 137 cm³/mol. The number of hydrogen-bond donors (Lipinski definition) is 0. The van der Waals surface area contributed by atoms with Gasteiger partial charge in [-0.15, -0.1) is 0 Å². The summed E-state index contributed by atoms with van der Waals surface area (Å²) in [4.78, 5) is 30.1. The largest absolute Gasteiger partial charge is 0.467 e. The van der Waals surface area contributed by atoms with Crippen molar-refractivity contribution in [1.29, 1.82) is 0 Å². The molecule has 0 radical (unpaired) electrons. The number of rotatable bonds is 10. The van der Waals surface area contributed by atoms with Gasteiger partial charge in [-0.1, -0.05) is 36.4 Å². The molecule has 8 heteroatoms. The monoisotopic (exact) mass is 502 g/mol. The Morgan fingerprint density at radius 1 is 0.946 bits per heavy atom. The average Bonchev–Trinajstić information content (AvgIpc) is 3.70. The van der Waals surface area contributed by atoms with E-state index < -0.39 is 0 Å². The van der Waals surface area contributed by atoms with Crippen molar-refractivity contribution in [2.45, 2.75) is 32.0 Å². The third-order valence-corrected chi connectivity index (χ3v) is 6.39. The Bertz CT molecular complexity index is 1220. The molecule has 0 aliphatic carbocycles. The third-order valence-electron chi connectivity index (χ3n) is 6.39. The Labute approximate surface area is 216 Å². The van der Waals surface area contributed by atoms with Crippen molar-refractivity contribution in [3.05, 3.63) is 89.9 Å². The number of fused-ring (bicyclic) bond motifs is 1. The summed E-state index contributed by atoms with van der Waals surface area (Å²) in [5.74, 6) is 1.59. The van der Waals surface area contributed by atoms with Crippen molar-refractivity contribution in [1.82, 2.24) is 9.80 Å². The highest BCUT2D eigenvalue weighted by molar-refractivity contribution is 5.94. The minimum absolute atomic E-state index is 0.0664. The van der Waals surface area contributed by atoms with Gasteiger partial charge in [0.25, 0.3) is 0 Å². The van der Waals surface area contributed by atoms with Crippen molar-refractivity contribution in [3.63, 3.8) is 0 Å². The molecule has 3 aromatic rings. The molecule has 192 valence electrons. The van der Waals surface area contributed by atoms with Crippen LogP contribution in [0.25, 0.3) is 6.08 Å². The topological polar surface area (TPSA) is 81.5 Å². The summed E-state index contributed by atoms with van der Waals surface area (Å²) >= 11 is 0. The van der Waals surface area contributed by atoms with Crippen LogP contribution in [0.3, 0.4) is 0 Å². The van der Waals surface area contributed by atoms with Gasteiger partial charge in [0.1, 0.15) is 12.3 Å². The number of amides is 2. The minimum Gasteiger partial charge on any atom is -0.467 e. The number of nitrogens with zero attached hydrogens (tertiary/aromatic N) is 2. The van der Waals surface area contributed by atoms with Crippen LogP contribution in [-0.4, -0.2) is 54.2 Å². The van der Waals surface area contributed by atoms with Crippen molar-refractivity contribution < 1.29 is 28.2 Å². The first-order valence-corrected chi connectivity index (χ1v) is 12.5. The first kappa shape index (κ1) is 24.6. The van der Waals surface area contributed by atoms with Gasteiger partial charge in [-0.3, -0.25) is 9.59 Å². The van der Waals surface area contributed by atoms with Crippen LogP contribution < -0.4 is 9.47 Å². The van der Waals surface area contributed by atoms with E-state index in [0.717, 1.165) is 24.0 Å². The summed E-state index contributed by atoms with van der Waals surface area (Å²) in [5, 5.41) is 0. The normalized spacial score (nSPS) is 16.3. The van der Waals surface area contributed by atoms with Crippen molar-refractivity contribution in [3.8, 4) is 11.5 Å². The van der Waals surface area contributed by atoms with Crippen molar-refractivity contribution in [2.75, 3.05) is 26.5 Å². The number of carbonyl (C=O) groups excluding carboxylic acids is 2. The number of benzene rings is 2. The Hall–Kier alpha value is -4.04. The second-order valence-corrected chi connectivity index (χ2v) is 9.11. The van der Waals surface area contributed by atoms with Crippen molar-refractivity contribution >= 4 is 17.9 Å². The Balaban J connectivity index is 1.33. The molecule has 37 heavy (non-hydrogen) atoms. The lowest BCUT2D eigenvalue weighted by Crippen LogP contribution is -2.44. The third kappa shape index (κ3) is 6.59. The van der Waals surface area contributed by atoms with E-state index >= 15 is 0 Å². The molecule has 8 nitrogen and oxygen atoms in total. The summed E-state index contributed by atoms with van der Waals surface area (Å²) in [5.41, 5.74) is 1.81. The van der Waals surface area contributed by atoms with Gasteiger partial charge in [0.05, 0.1) is 18.9 Å². The Kier molecular flexibility index (Phi) is 7.86. The van der Waals surface area contributed by atoms with E-state index in [1.165, 1.54) is 6.08 Å². The molecule has 3 heterocycles. The standard InChI is InChI=1S/C29H30N2O6/c32-28(13-11-22-6-2-1-3-7-22)31(19-25-9-5-15-35-25)20-29(33)30(18-24-8-4-14-34-24)17-23-10-12-26-27(16-23)37-21-36-26/h1-4,6-8,10-14,16,25H,5,9,15,17-21H2/b13-11+. The molecule has 0 saturated carbocycles. The maximum atomic E-state index is 13.6. The molecule has 1 saturated heterocycles. The smallest absolute Gasteiger partial charge is 0.247 e. The fourth-order valence-electron chi connectivity index (χ4n) is 4.45. The van der Waals surface area contributed by atoms with Crippen LogP contribution in [0.4, 0.5) is 0 Å². The van der Waals surface area contributed by atoms with Crippen LogP contribution in [0, 0.1) is 0 Å². The highest BCUT2D eigenvalue weighted by Crippen LogP contribution is 2.33. The SMILES string of the molecule is O=C(/C=C/c1ccccc1)N(CC(=O)N(Cc1ccc2c(c1)OCO2)Cc1ccco1)CC1CCCO1. The Morgan fingerprint density at radius 3 is 2.59 bits per heavy atom. The molecule has 1 atom stereocenters. The maximum Gasteiger partial charge on any atom is 0.247 e. The van der Waals surface area contributed by atoms with E-state index in [1.54, 1.807) is 28.2 Å². The van der Waals surface area contributed by atoms with E-state index in [9.17, 15) is 9.59 Å². The fourth-order valence-corrected chi connectivity index (χ4v) is 4.45. The van der Waals surface area contributed by atoms with E-state index in [1.807, 2.05) is 54.6 Å². The lowest BCUT2D eigenvalue weighted by Gasteiger charge is -2.28. The minimum atomic E-state index is -0.228. The van der Waals surface area contributed by atoms with Crippen LogP contribution in [-0.2, 0) is 27.4 Å².